The molecule has 1 aromatic heterocycles. The van der Waals surface area contributed by atoms with Gasteiger partial charge in [0.05, 0.1) is 26.9 Å². The molecule has 2 heterocycles. The van der Waals surface area contributed by atoms with Gasteiger partial charge in [0.1, 0.15) is 17.2 Å². The maximum absolute atomic E-state index is 5.58. The van der Waals surface area contributed by atoms with Crippen molar-refractivity contribution in [3.8, 4) is 17.2 Å². The second-order valence-corrected chi connectivity index (χ2v) is 7.21. The summed E-state index contributed by atoms with van der Waals surface area (Å²) in [6, 6.07) is 5.80. The van der Waals surface area contributed by atoms with Crippen LogP contribution in [-0.4, -0.2) is 62.4 Å². The largest absolute Gasteiger partial charge is 0.496 e. The molecule has 7 nitrogen and oxygen atoms in total. The monoisotopic (exact) mass is 386 g/mol. The van der Waals surface area contributed by atoms with Crippen molar-refractivity contribution >= 4 is 5.95 Å². The smallest absolute Gasteiger partial charge is 0.225 e. The van der Waals surface area contributed by atoms with Crippen molar-refractivity contribution in [2.24, 2.45) is 0 Å². The average molecular weight is 386 g/mol. The van der Waals surface area contributed by atoms with Gasteiger partial charge in [0.15, 0.2) is 0 Å². The van der Waals surface area contributed by atoms with Crippen molar-refractivity contribution in [3.63, 3.8) is 0 Å². The molecule has 1 fully saturated rings. The third kappa shape index (κ3) is 4.47. The van der Waals surface area contributed by atoms with E-state index in [1.807, 2.05) is 24.4 Å². The summed E-state index contributed by atoms with van der Waals surface area (Å²) in [5.74, 6) is 3.52. The Balaban J connectivity index is 1.69. The number of hydrogen-bond donors (Lipinski definition) is 0. The molecule has 1 saturated heterocycles. The van der Waals surface area contributed by atoms with E-state index in [2.05, 4.69) is 28.6 Å². The second-order valence-electron chi connectivity index (χ2n) is 7.21. The van der Waals surface area contributed by atoms with Gasteiger partial charge in [0, 0.05) is 56.7 Å². The number of hydrogen-bond acceptors (Lipinski definition) is 7. The lowest BCUT2D eigenvalue weighted by Crippen LogP contribution is -2.46. The van der Waals surface area contributed by atoms with Gasteiger partial charge in [-0.3, -0.25) is 4.90 Å². The fraction of sp³-hybridized carbons (Fsp3) is 0.524. The SMILES string of the molecule is COc1cc(OC)c(CN2CCN(c3nccc(C(C)C)n3)CC2)c(OC)c1. The molecule has 0 spiro atoms. The average Bonchev–Trinajstić information content (AvgIpc) is 2.74. The topological polar surface area (TPSA) is 60.0 Å². The molecule has 1 aromatic carbocycles. The van der Waals surface area contributed by atoms with E-state index >= 15 is 0 Å². The molecule has 28 heavy (non-hydrogen) atoms. The summed E-state index contributed by atoms with van der Waals surface area (Å²) >= 11 is 0. The number of anilines is 1. The minimum atomic E-state index is 0.401. The van der Waals surface area contributed by atoms with E-state index < -0.39 is 0 Å². The molecule has 2 aromatic rings. The van der Waals surface area contributed by atoms with Crippen molar-refractivity contribution in [2.75, 3.05) is 52.4 Å². The number of aromatic nitrogens is 2. The van der Waals surface area contributed by atoms with Crippen LogP contribution in [0.5, 0.6) is 17.2 Å². The molecule has 0 bridgehead atoms. The quantitative estimate of drug-likeness (QED) is 0.725. The van der Waals surface area contributed by atoms with Crippen LogP contribution in [0.15, 0.2) is 24.4 Å². The Bertz CT molecular complexity index is 764. The van der Waals surface area contributed by atoms with Crippen LogP contribution in [0.2, 0.25) is 0 Å². The van der Waals surface area contributed by atoms with Crippen LogP contribution in [0.25, 0.3) is 0 Å². The van der Waals surface area contributed by atoms with E-state index in [1.54, 1.807) is 21.3 Å². The summed E-state index contributed by atoms with van der Waals surface area (Å²) in [5.41, 5.74) is 2.12. The van der Waals surface area contributed by atoms with E-state index in [-0.39, 0.29) is 0 Å². The van der Waals surface area contributed by atoms with E-state index in [0.29, 0.717) is 5.92 Å². The fourth-order valence-electron chi connectivity index (χ4n) is 3.40. The summed E-state index contributed by atoms with van der Waals surface area (Å²) < 4.78 is 16.5. The van der Waals surface area contributed by atoms with Crippen LogP contribution in [0.1, 0.15) is 31.0 Å². The zero-order valence-electron chi connectivity index (χ0n) is 17.4. The lowest BCUT2D eigenvalue weighted by molar-refractivity contribution is 0.240. The normalized spacial score (nSPS) is 15.0. The predicted molar refractivity (Wildman–Crippen MR) is 110 cm³/mol. The van der Waals surface area contributed by atoms with Gasteiger partial charge in [-0.25, -0.2) is 9.97 Å². The van der Waals surface area contributed by atoms with Crippen molar-refractivity contribution in [1.29, 1.82) is 0 Å². The highest BCUT2D eigenvalue weighted by atomic mass is 16.5. The van der Waals surface area contributed by atoms with Crippen LogP contribution >= 0.6 is 0 Å². The molecular weight excluding hydrogens is 356 g/mol. The summed E-state index contributed by atoms with van der Waals surface area (Å²) in [6.07, 6.45) is 1.86. The van der Waals surface area contributed by atoms with E-state index in [9.17, 15) is 0 Å². The maximum atomic E-state index is 5.58. The van der Waals surface area contributed by atoms with Crippen LogP contribution in [0.4, 0.5) is 5.95 Å². The minimum Gasteiger partial charge on any atom is -0.496 e. The Hall–Kier alpha value is -2.54. The predicted octanol–water partition coefficient (Wildman–Crippen LogP) is 2.95. The molecule has 0 atom stereocenters. The first-order chi connectivity index (χ1) is 13.5. The van der Waals surface area contributed by atoms with Crippen molar-refractivity contribution in [1.82, 2.24) is 14.9 Å². The molecule has 0 radical (unpaired) electrons. The van der Waals surface area contributed by atoms with E-state index in [4.69, 9.17) is 19.2 Å². The molecule has 7 heteroatoms. The Morgan fingerprint density at radius 2 is 1.61 bits per heavy atom. The summed E-state index contributed by atoms with van der Waals surface area (Å²) in [6.45, 7) is 8.70. The Kier molecular flexibility index (Phi) is 6.57. The van der Waals surface area contributed by atoms with Gasteiger partial charge in [0.25, 0.3) is 0 Å². The highest BCUT2D eigenvalue weighted by Crippen LogP contribution is 2.35. The summed E-state index contributed by atoms with van der Waals surface area (Å²) in [5, 5.41) is 0. The Morgan fingerprint density at radius 3 is 2.14 bits per heavy atom. The molecule has 0 amide bonds. The third-order valence-corrected chi connectivity index (χ3v) is 5.11. The Labute approximate surface area is 167 Å². The number of benzene rings is 1. The highest BCUT2D eigenvalue weighted by molar-refractivity contribution is 5.50. The molecule has 1 aliphatic heterocycles. The van der Waals surface area contributed by atoms with Crippen LogP contribution in [0.3, 0.4) is 0 Å². The van der Waals surface area contributed by atoms with Gasteiger partial charge in [-0.05, 0) is 12.0 Å². The van der Waals surface area contributed by atoms with Crippen LogP contribution in [0, 0.1) is 0 Å². The summed E-state index contributed by atoms with van der Waals surface area (Å²) in [4.78, 5) is 13.8. The number of piperazine rings is 1. The summed E-state index contributed by atoms with van der Waals surface area (Å²) in [7, 11) is 4.99. The van der Waals surface area contributed by atoms with Gasteiger partial charge in [0.2, 0.25) is 5.95 Å². The highest BCUT2D eigenvalue weighted by Gasteiger charge is 2.22. The van der Waals surface area contributed by atoms with E-state index in [0.717, 1.165) is 67.2 Å². The minimum absolute atomic E-state index is 0.401. The molecule has 152 valence electrons. The second kappa shape index (κ2) is 9.10. The Morgan fingerprint density at radius 1 is 0.964 bits per heavy atom. The van der Waals surface area contributed by atoms with Gasteiger partial charge in [-0.1, -0.05) is 13.8 Å². The number of ether oxygens (including phenoxy) is 3. The molecule has 0 unspecified atom stereocenters. The molecule has 3 rings (SSSR count). The zero-order chi connectivity index (χ0) is 20.1. The van der Waals surface area contributed by atoms with Gasteiger partial charge >= 0.3 is 0 Å². The number of rotatable bonds is 7. The van der Waals surface area contributed by atoms with Gasteiger partial charge in [-0.2, -0.15) is 0 Å². The first-order valence-corrected chi connectivity index (χ1v) is 9.64. The van der Waals surface area contributed by atoms with Gasteiger partial charge < -0.3 is 19.1 Å². The lowest BCUT2D eigenvalue weighted by atomic mass is 10.1. The first-order valence-electron chi connectivity index (χ1n) is 9.64. The standard InChI is InChI=1S/C21H30N4O3/c1-15(2)18-6-7-22-21(23-18)25-10-8-24(9-11-25)14-17-19(27-4)12-16(26-3)13-20(17)28-5/h6-7,12-13,15H,8-11,14H2,1-5H3. The number of nitrogens with zero attached hydrogens (tertiary/aromatic N) is 4. The lowest BCUT2D eigenvalue weighted by Gasteiger charge is -2.35. The van der Waals surface area contributed by atoms with Crippen molar-refractivity contribution < 1.29 is 14.2 Å². The molecule has 0 saturated carbocycles. The molecular formula is C21H30N4O3. The third-order valence-electron chi connectivity index (χ3n) is 5.11. The molecule has 1 aliphatic rings. The maximum Gasteiger partial charge on any atom is 0.225 e. The fourth-order valence-corrected chi connectivity index (χ4v) is 3.40. The van der Waals surface area contributed by atoms with Gasteiger partial charge in [-0.15, -0.1) is 0 Å². The van der Waals surface area contributed by atoms with Crippen LogP contribution in [-0.2, 0) is 6.54 Å². The zero-order valence-corrected chi connectivity index (χ0v) is 17.4. The van der Waals surface area contributed by atoms with Crippen molar-refractivity contribution in [3.05, 3.63) is 35.7 Å². The van der Waals surface area contributed by atoms with Crippen LogP contribution < -0.4 is 19.1 Å². The first kappa shape index (κ1) is 20.2. The molecule has 0 aliphatic carbocycles. The molecule has 0 N–H and O–H groups in total. The number of methoxy groups -OCH3 is 3. The van der Waals surface area contributed by atoms with Crippen molar-refractivity contribution in [2.45, 2.75) is 26.3 Å². The van der Waals surface area contributed by atoms with E-state index in [1.165, 1.54) is 0 Å².